The van der Waals surface area contributed by atoms with Crippen molar-refractivity contribution in [1.29, 1.82) is 0 Å². The molecule has 1 amide bonds. The van der Waals surface area contributed by atoms with Gasteiger partial charge in [-0.3, -0.25) is 4.79 Å². The van der Waals surface area contributed by atoms with Crippen molar-refractivity contribution in [3.05, 3.63) is 72.3 Å². The minimum absolute atomic E-state index is 0.0521. The van der Waals surface area contributed by atoms with Gasteiger partial charge in [0.05, 0.1) is 18.2 Å². The first-order chi connectivity index (χ1) is 15.2. The third-order valence-electron chi connectivity index (χ3n) is 5.53. The number of nitrogens with one attached hydrogen (secondary N) is 1. The average molecular weight is 417 g/mol. The fourth-order valence-corrected chi connectivity index (χ4v) is 3.78. The van der Waals surface area contributed by atoms with Gasteiger partial charge in [0, 0.05) is 18.7 Å². The molecule has 3 aromatic rings. The molecule has 160 valence electrons. The van der Waals surface area contributed by atoms with Crippen LogP contribution < -0.4 is 15.0 Å². The lowest BCUT2D eigenvalue weighted by atomic mass is 9.97. The Morgan fingerprint density at radius 3 is 2.61 bits per heavy atom. The lowest BCUT2D eigenvalue weighted by Crippen LogP contribution is -2.44. The van der Waals surface area contributed by atoms with E-state index in [2.05, 4.69) is 20.4 Å². The highest BCUT2D eigenvalue weighted by Crippen LogP contribution is 2.23. The Balaban J connectivity index is 1.26. The number of hydrogen-bond acceptors (Lipinski definition) is 5. The van der Waals surface area contributed by atoms with Crippen LogP contribution in [0.4, 0.5) is 5.82 Å². The van der Waals surface area contributed by atoms with E-state index in [0.29, 0.717) is 19.7 Å². The standard InChI is InChI=1S/C25H28N4O2/c1-19-9-11-22(12-10-19)31-17-15-26-25(30)21-8-5-16-29(18-21)24-14-13-23(27-28-24)20-6-3-2-4-7-20/h2-4,6-7,9-14,21H,5,8,15-18H2,1H3,(H,26,30). The summed E-state index contributed by atoms with van der Waals surface area (Å²) in [6.45, 7) is 4.54. The van der Waals surface area contributed by atoms with E-state index in [1.807, 2.05) is 73.7 Å². The summed E-state index contributed by atoms with van der Waals surface area (Å²) in [6.07, 6.45) is 1.84. The van der Waals surface area contributed by atoms with Crippen LogP contribution in [0, 0.1) is 12.8 Å². The van der Waals surface area contributed by atoms with Crippen LogP contribution in [-0.2, 0) is 4.79 Å². The molecule has 1 N–H and O–H groups in total. The van der Waals surface area contributed by atoms with Crippen LogP contribution in [0.1, 0.15) is 18.4 Å². The molecule has 2 aromatic carbocycles. The number of carbonyl (C=O) groups is 1. The van der Waals surface area contributed by atoms with E-state index in [1.165, 1.54) is 5.56 Å². The lowest BCUT2D eigenvalue weighted by Gasteiger charge is -2.32. The van der Waals surface area contributed by atoms with E-state index in [4.69, 9.17) is 4.74 Å². The van der Waals surface area contributed by atoms with Gasteiger partial charge in [-0.2, -0.15) is 0 Å². The number of carbonyl (C=O) groups excluding carboxylic acids is 1. The van der Waals surface area contributed by atoms with E-state index in [9.17, 15) is 4.79 Å². The van der Waals surface area contributed by atoms with Crippen molar-refractivity contribution in [3.63, 3.8) is 0 Å². The molecule has 1 atom stereocenters. The molecule has 6 heteroatoms. The summed E-state index contributed by atoms with van der Waals surface area (Å²) in [5.74, 6) is 1.66. The zero-order valence-corrected chi connectivity index (χ0v) is 17.8. The highest BCUT2D eigenvalue weighted by atomic mass is 16.5. The Bertz CT molecular complexity index is 975. The summed E-state index contributed by atoms with van der Waals surface area (Å²) < 4.78 is 5.69. The SMILES string of the molecule is Cc1ccc(OCCNC(=O)C2CCCN(c3ccc(-c4ccccc4)nn3)C2)cc1. The summed E-state index contributed by atoms with van der Waals surface area (Å²) in [4.78, 5) is 14.8. The number of nitrogens with zero attached hydrogens (tertiary/aromatic N) is 3. The first-order valence-corrected chi connectivity index (χ1v) is 10.8. The highest BCUT2D eigenvalue weighted by molar-refractivity contribution is 5.79. The van der Waals surface area contributed by atoms with Crippen LogP contribution in [0.2, 0.25) is 0 Å². The van der Waals surface area contributed by atoms with Crippen LogP contribution >= 0.6 is 0 Å². The molecule has 0 spiro atoms. The Kier molecular flexibility index (Phi) is 6.77. The van der Waals surface area contributed by atoms with Crippen molar-refractivity contribution in [2.75, 3.05) is 31.1 Å². The molecule has 1 fully saturated rings. The maximum Gasteiger partial charge on any atom is 0.225 e. The van der Waals surface area contributed by atoms with Gasteiger partial charge in [-0.25, -0.2) is 0 Å². The molecule has 0 aliphatic carbocycles. The number of piperidine rings is 1. The largest absolute Gasteiger partial charge is 0.492 e. The summed E-state index contributed by atoms with van der Waals surface area (Å²) in [5, 5.41) is 11.8. The molecule has 0 saturated carbocycles. The number of aryl methyl sites for hydroxylation is 1. The monoisotopic (exact) mass is 416 g/mol. The Morgan fingerprint density at radius 2 is 1.87 bits per heavy atom. The summed E-state index contributed by atoms with van der Waals surface area (Å²) in [5.41, 5.74) is 3.09. The maximum atomic E-state index is 12.6. The molecule has 6 nitrogen and oxygen atoms in total. The molecule has 0 radical (unpaired) electrons. The molecule has 1 aliphatic rings. The predicted molar refractivity (Wildman–Crippen MR) is 122 cm³/mol. The molecule has 1 saturated heterocycles. The van der Waals surface area contributed by atoms with Gasteiger partial charge in [0.15, 0.2) is 5.82 Å². The van der Waals surface area contributed by atoms with Gasteiger partial charge in [-0.05, 0) is 44.0 Å². The van der Waals surface area contributed by atoms with Crippen LogP contribution in [0.15, 0.2) is 66.7 Å². The van der Waals surface area contributed by atoms with Gasteiger partial charge in [0.1, 0.15) is 12.4 Å². The zero-order chi connectivity index (χ0) is 21.5. The molecule has 31 heavy (non-hydrogen) atoms. The summed E-state index contributed by atoms with van der Waals surface area (Å²) >= 11 is 0. The first kappa shape index (κ1) is 20.8. The van der Waals surface area contributed by atoms with Crippen molar-refractivity contribution in [1.82, 2.24) is 15.5 Å². The Morgan fingerprint density at radius 1 is 1.06 bits per heavy atom. The third kappa shape index (κ3) is 5.60. The number of aromatic nitrogens is 2. The second kappa shape index (κ2) is 10.1. The van der Waals surface area contributed by atoms with E-state index in [0.717, 1.165) is 42.2 Å². The van der Waals surface area contributed by atoms with Crippen LogP contribution in [-0.4, -0.2) is 42.3 Å². The average Bonchev–Trinajstić information content (AvgIpc) is 2.83. The third-order valence-corrected chi connectivity index (χ3v) is 5.53. The molecule has 1 unspecified atom stereocenters. The quantitative estimate of drug-likeness (QED) is 0.593. The lowest BCUT2D eigenvalue weighted by molar-refractivity contribution is -0.125. The van der Waals surface area contributed by atoms with Crippen LogP contribution in [0.25, 0.3) is 11.3 Å². The topological polar surface area (TPSA) is 67.3 Å². The van der Waals surface area contributed by atoms with Crippen LogP contribution in [0.3, 0.4) is 0 Å². The molecule has 4 rings (SSSR count). The van der Waals surface area contributed by atoms with Crippen molar-refractivity contribution in [2.24, 2.45) is 5.92 Å². The van der Waals surface area contributed by atoms with E-state index in [1.54, 1.807) is 0 Å². The first-order valence-electron chi connectivity index (χ1n) is 10.8. The molecular formula is C25H28N4O2. The zero-order valence-electron chi connectivity index (χ0n) is 17.8. The second-order valence-corrected chi connectivity index (χ2v) is 7.88. The fraction of sp³-hybridized carbons (Fsp3) is 0.320. The fourth-order valence-electron chi connectivity index (χ4n) is 3.78. The van der Waals surface area contributed by atoms with Gasteiger partial charge < -0.3 is 15.0 Å². The summed E-state index contributed by atoms with van der Waals surface area (Å²) in [7, 11) is 0. The minimum Gasteiger partial charge on any atom is -0.492 e. The Hall–Kier alpha value is -3.41. The van der Waals surface area contributed by atoms with Gasteiger partial charge in [0.2, 0.25) is 5.91 Å². The molecule has 1 aromatic heterocycles. The second-order valence-electron chi connectivity index (χ2n) is 7.88. The van der Waals surface area contributed by atoms with Gasteiger partial charge in [-0.15, -0.1) is 10.2 Å². The number of rotatable bonds is 7. The predicted octanol–water partition coefficient (Wildman–Crippen LogP) is 3.86. The van der Waals surface area contributed by atoms with E-state index < -0.39 is 0 Å². The molecule has 1 aliphatic heterocycles. The minimum atomic E-state index is -0.0521. The van der Waals surface area contributed by atoms with Crippen molar-refractivity contribution >= 4 is 11.7 Å². The Labute approximate surface area is 183 Å². The number of ether oxygens (including phenoxy) is 1. The molecule has 2 heterocycles. The van der Waals surface area contributed by atoms with Gasteiger partial charge >= 0.3 is 0 Å². The van der Waals surface area contributed by atoms with Crippen molar-refractivity contribution < 1.29 is 9.53 Å². The van der Waals surface area contributed by atoms with E-state index in [-0.39, 0.29) is 11.8 Å². The van der Waals surface area contributed by atoms with Gasteiger partial charge in [-0.1, -0.05) is 48.0 Å². The maximum absolute atomic E-state index is 12.6. The number of benzene rings is 2. The number of hydrogen-bond donors (Lipinski definition) is 1. The van der Waals surface area contributed by atoms with Crippen molar-refractivity contribution in [3.8, 4) is 17.0 Å². The molecule has 0 bridgehead atoms. The summed E-state index contributed by atoms with van der Waals surface area (Å²) in [6, 6.07) is 21.9. The van der Waals surface area contributed by atoms with E-state index >= 15 is 0 Å². The number of amides is 1. The number of anilines is 1. The van der Waals surface area contributed by atoms with Crippen LogP contribution in [0.5, 0.6) is 5.75 Å². The van der Waals surface area contributed by atoms with Crippen molar-refractivity contribution in [2.45, 2.75) is 19.8 Å². The highest BCUT2D eigenvalue weighted by Gasteiger charge is 2.26. The smallest absolute Gasteiger partial charge is 0.225 e. The molecular weight excluding hydrogens is 388 g/mol. The van der Waals surface area contributed by atoms with Gasteiger partial charge in [0.25, 0.3) is 0 Å². The normalized spacial score (nSPS) is 16.0.